The topological polar surface area (TPSA) is 83.0 Å². The molecule has 2 N–H and O–H groups in total. The van der Waals surface area contributed by atoms with Gasteiger partial charge in [0, 0.05) is 24.6 Å². The molecule has 0 amide bonds. The lowest BCUT2D eigenvalue weighted by molar-refractivity contribution is 0.0554. The van der Waals surface area contributed by atoms with Crippen LogP contribution in [0.3, 0.4) is 0 Å². The number of nitrogens with two attached hydrogens (primary N) is 1. The third-order valence-corrected chi connectivity index (χ3v) is 4.23. The van der Waals surface area contributed by atoms with Crippen LogP contribution in [0.1, 0.15) is 12.8 Å². The van der Waals surface area contributed by atoms with E-state index >= 15 is 0 Å². The average molecular weight is 329 g/mol. The van der Waals surface area contributed by atoms with Crippen molar-refractivity contribution in [1.82, 2.24) is 4.98 Å². The van der Waals surface area contributed by atoms with E-state index in [1.807, 2.05) is 29.3 Å². The second-order valence-electron chi connectivity index (χ2n) is 5.70. The van der Waals surface area contributed by atoms with Crippen LogP contribution in [0.2, 0.25) is 0 Å². The molecule has 0 spiro atoms. The Hall–Kier alpha value is -2.51. The molecule has 1 aromatic carbocycles. The first-order valence-corrected chi connectivity index (χ1v) is 7.87. The first-order chi connectivity index (χ1) is 11.8. The van der Waals surface area contributed by atoms with Crippen LogP contribution < -0.4 is 15.4 Å². The van der Waals surface area contributed by atoms with Crippen LogP contribution in [-0.4, -0.2) is 31.2 Å². The Bertz CT molecular complexity index is 738. The molecule has 0 bridgehead atoms. The quantitative estimate of drug-likeness (QED) is 0.922. The van der Waals surface area contributed by atoms with Crippen molar-refractivity contribution >= 4 is 5.69 Å². The predicted octanol–water partition coefficient (Wildman–Crippen LogP) is 2.45. The van der Waals surface area contributed by atoms with Crippen LogP contribution in [0, 0.1) is 0 Å². The molecule has 2 aromatic rings. The van der Waals surface area contributed by atoms with Crippen molar-refractivity contribution in [2.24, 2.45) is 5.73 Å². The molecule has 2 unspecified atom stereocenters. The second-order valence-corrected chi connectivity index (χ2v) is 5.70. The zero-order chi connectivity index (χ0) is 16.5. The molecule has 2 atom stereocenters. The molecule has 7 nitrogen and oxygen atoms in total. The minimum Gasteiger partial charge on any atom is -0.496 e. The van der Waals surface area contributed by atoms with E-state index in [-0.39, 0.29) is 6.10 Å². The fraction of sp³-hybridized carbons (Fsp3) is 0.353. The Morgan fingerprint density at radius 1 is 1.38 bits per heavy atom. The van der Waals surface area contributed by atoms with Crippen molar-refractivity contribution in [2.45, 2.75) is 25.3 Å². The lowest BCUT2D eigenvalue weighted by Crippen LogP contribution is -2.36. The van der Waals surface area contributed by atoms with E-state index in [0.717, 1.165) is 36.5 Å². The largest absolute Gasteiger partial charge is 0.496 e. The third kappa shape index (κ3) is 2.61. The molecule has 3 heterocycles. The van der Waals surface area contributed by atoms with Crippen LogP contribution in [0.5, 0.6) is 5.75 Å². The van der Waals surface area contributed by atoms with E-state index in [0.29, 0.717) is 11.5 Å². The lowest BCUT2D eigenvalue weighted by Gasteiger charge is -2.21. The summed E-state index contributed by atoms with van der Waals surface area (Å²) in [5.74, 6) is 2.10. The lowest BCUT2D eigenvalue weighted by atomic mass is 10.1. The van der Waals surface area contributed by atoms with Crippen LogP contribution in [0.15, 0.2) is 47.2 Å². The molecule has 0 aliphatic carbocycles. The van der Waals surface area contributed by atoms with Gasteiger partial charge in [0.1, 0.15) is 17.6 Å². The van der Waals surface area contributed by atoms with Gasteiger partial charge >= 0.3 is 0 Å². The summed E-state index contributed by atoms with van der Waals surface area (Å²) in [4.78, 5) is 5.81. The van der Waals surface area contributed by atoms with Crippen LogP contribution >= 0.6 is 0 Å². The van der Waals surface area contributed by atoms with Crippen LogP contribution in [0.4, 0.5) is 5.69 Å². The van der Waals surface area contributed by atoms with Crippen molar-refractivity contribution in [2.75, 3.05) is 18.6 Å². The first-order valence-electron chi connectivity index (χ1n) is 7.87. The summed E-state index contributed by atoms with van der Waals surface area (Å²) in [7, 11) is 1.62. The van der Waals surface area contributed by atoms with Crippen molar-refractivity contribution in [3.05, 3.63) is 42.7 Å². The van der Waals surface area contributed by atoms with Crippen LogP contribution in [-0.2, 0) is 9.47 Å². The molecule has 7 heteroatoms. The third-order valence-electron chi connectivity index (χ3n) is 4.23. The zero-order valence-corrected chi connectivity index (χ0v) is 13.3. The average Bonchev–Trinajstić information content (AvgIpc) is 3.35. The molecular weight excluding hydrogens is 310 g/mol. The summed E-state index contributed by atoms with van der Waals surface area (Å²) in [6.45, 7) is 0.764. The summed E-state index contributed by atoms with van der Waals surface area (Å²) in [5, 5.41) is 0. The van der Waals surface area contributed by atoms with Gasteiger partial charge in [0.05, 0.1) is 18.9 Å². The number of benzene rings is 1. The summed E-state index contributed by atoms with van der Waals surface area (Å²) < 4.78 is 22.3. The molecule has 2 aliphatic heterocycles. The fourth-order valence-corrected chi connectivity index (χ4v) is 3.01. The maximum atomic E-state index is 6.12. The Morgan fingerprint density at radius 2 is 2.29 bits per heavy atom. The first kappa shape index (κ1) is 15.0. The Kier molecular flexibility index (Phi) is 3.87. The fourth-order valence-electron chi connectivity index (χ4n) is 3.01. The van der Waals surface area contributed by atoms with Crippen molar-refractivity contribution in [3.63, 3.8) is 0 Å². The summed E-state index contributed by atoms with van der Waals surface area (Å²) in [6, 6.07) is 5.76. The summed E-state index contributed by atoms with van der Waals surface area (Å²) in [5.41, 5.74) is 7.82. The molecule has 126 valence electrons. The highest BCUT2D eigenvalue weighted by molar-refractivity contribution is 5.70. The van der Waals surface area contributed by atoms with Crippen molar-refractivity contribution in [1.29, 1.82) is 0 Å². The number of aromatic nitrogens is 1. The van der Waals surface area contributed by atoms with E-state index in [1.54, 1.807) is 13.3 Å². The number of methoxy groups -OCH3 is 1. The van der Waals surface area contributed by atoms with E-state index in [2.05, 4.69) is 4.98 Å². The van der Waals surface area contributed by atoms with E-state index in [9.17, 15) is 0 Å². The van der Waals surface area contributed by atoms with E-state index in [1.165, 1.54) is 6.39 Å². The highest BCUT2D eigenvalue weighted by Gasteiger charge is 2.31. The Labute approximate surface area is 139 Å². The number of hydrogen-bond acceptors (Lipinski definition) is 7. The zero-order valence-electron chi connectivity index (χ0n) is 13.3. The maximum Gasteiger partial charge on any atom is 0.231 e. The molecule has 1 saturated heterocycles. The predicted molar refractivity (Wildman–Crippen MR) is 87.1 cm³/mol. The molecule has 24 heavy (non-hydrogen) atoms. The van der Waals surface area contributed by atoms with Crippen molar-refractivity contribution in [3.8, 4) is 17.1 Å². The Morgan fingerprint density at radius 3 is 3.00 bits per heavy atom. The maximum absolute atomic E-state index is 6.12. The smallest absolute Gasteiger partial charge is 0.231 e. The van der Waals surface area contributed by atoms with Gasteiger partial charge in [-0.15, -0.1) is 0 Å². The number of anilines is 1. The van der Waals surface area contributed by atoms with Gasteiger partial charge in [-0.05, 0) is 25.0 Å². The highest BCUT2D eigenvalue weighted by Crippen LogP contribution is 2.36. The molecule has 4 rings (SSSR count). The van der Waals surface area contributed by atoms with Gasteiger partial charge in [0.2, 0.25) is 6.35 Å². The van der Waals surface area contributed by atoms with E-state index in [4.69, 9.17) is 24.4 Å². The SMILES string of the molecule is COc1cc(N2C=C(C3CCCO3)OC2N)ccc1-c1cnco1. The van der Waals surface area contributed by atoms with E-state index < -0.39 is 6.35 Å². The molecule has 0 saturated carbocycles. The number of rotatable bonds is 4. The normalized spacial score (nSPS) is 23.2. The number of hydrogen-bond donors (Lipinski definition) is 1. The molecule has 0 radical (unpaired) electrons. The molecule has 2 aliphatic rings. The van der Waals surface area contributed by atoms with Gasteiger partial charge in [-0.3, -0.25) is 10.6 Å². The molecule has 1 aromatic heterocycles. The monoisotopic (exact) mass is 329 g/mol. The van der Waals surface area contributed by atoms with Gasteiger partial charge in [0.25, 0.3) is 0 Å². The second kappa shape index (κ2) is 6.18. The van der Waals surface area contributed by atoms with Crippen LogP contribution in [0.25, 0.3) is 11.3 Å². The number of oxazole rings is 1. The van der Waals surface area contributed by atoms with Gasteiger partial charge in [0.15, 0.2) is 12.2 Å². The molecule has 1 fully saturated rings. The van der Waals surface area contributed by atoms with Gasteiger partial charge in [-0.2, -0.15) is 0 Å². The standard InChI is InChI=1S/C17H19N3O4/c1-21-14-7-11(4-5-12(14)15-8-19-10-23-15)20-9-16(24-17(20)18)13-3-2-6-22-13/h4-5,7-10,13,17H,2-3,6,18H2,1H3. The Balaban J connectivity index is 1.64. The number of nitrogens with zero attached hydrogens (tertiary/aromatic N) is 2. The minimum absolute atomic E-state index is 0.00332. The van der Waals surface area contributed by atoms with Gasteiger partial charge in [-0.25, -0.2) is 4.98 Å². The highest BCUT2D eigenvalue weighted by atomic mass is 16.6. The molecular formula is C17H19N3O4. The minimum atomic E-state index is -0.579. The number of ether oxygens (including phenoxy) is 3. The summed E-state index contributed by atoms with van der Waals surface area (Å²) >= 11 is 0. The van der Waals surface area contributed by atoms with Gasteiger partial charge < -0.3 is 18.6 Å². The summed E-state index contributed by atoms with van der Waals surface area (Å²) in [6.07, 6.45) is 6.37. The van der Waals surface area contributed by atoms with Gasteiger partial charge in [-0.1, -0.05) is 0 Å². The van der Waals surface area contributed by atoms with Crippen molar-refractivity contribution < 1.29 is 18.6 Å².